The number of aliphatic carboxylic acids is 1. The van der Waals surface area contributed by atoms with E-state index in [2.05, 4.69) is 0 Å². The molecule has 0 saturated heterocycles. The fourth-order valence-corrected chi connectivity index (χ4v) is 1.72. The molecule has 0 bridgehead atoms. The van der Waals surface area contributed by atoms with Crippen LogP contribution < -0.4 is 4.90 Å². The molecule has 0 aliphatic rings. The Morgan fingerprint density at radius 3 is 2.43 bits per heavy atom. The van der Waals surface area contributed by atoms with Crippen molar-refractivity contribution in [2.24, 2.45) is 0 Å². The highest BCUT2D eigenvalue weighted by Gasteiger charge is 2.24. The molecule has 0 saturated carbocycles. The molecule has 0 heterocycles. The van der Waals surface area contributed by atoms with E-state index in [0.717, 1.165) is 4.90 Å². The predicted octanol–water partition coefficient (Wildman–Crippen LogP) is 0.962. The van der Waals surface area contributed by atoms with E-state index in [-0.39, 0.29) is 12.2 Å². The number of carbonyl (C=O) groups is 2. The molecule has 0 spiro atoms. The van der Waals surface area contributed by atoms with Gasteiger partial charge in [-0.15, -0.1) is 0 Å². The molecule has 0 fully saturated rings. The van der Waals surface area contributed by atoms with Crippen LogP contribution in [0.1, 0.15) is 6.92 Å². The van der Waals surface area contributed by atoms with Crippen LogP contribution in [0.25, 0.3) is 0 Å². The minimum Gasteiger partial charge on any atom is -0.480 e. The van der Waals surface area contributed by atoms with E-state index >= 15 is 0 Å². The van der Waals surface area contributed by atoms with Crippen molar-refractivity contribution < 1.29 is 19.6 Å². The summed E-state index contributed by atoms with van der Waals surface area (Å²) in [5.74, 6) is -1.55. The number of carbonyl (C=O) groups excluding carboxylic acids is 1. The molecule has 8 heteroatoms. The summed E-state index contributed by atoms with van der Waals surface area (Å²) < 4.78 is 0. The van der Waals surface area contributed by atoms with Gasteiger partial charge in [-0.1, -0.05) is 12.1 Å². The van der Waals surface area contributed by atoms with Gasteiger partial charge in [0, 0.05) is 20.2 Å². The Bertz CT molecular complexity index is 560. The van der Waals surface area contributed by atoms with Crippen LogP contribution in [-0.4, -0.2) is 53.5 Å². The second-order valence-electron chi connectivity index (χ2n) is 4.62. The number of nitro groups is 1. The summed E-state index contributed by atoms with van der Waals surface area (Å²) in [6.07, 6.45) is 0. The lowest BCUT2D eigenvalue weighted by molar-refractivity contribution is -0.384. The van der Waals surface area contributed by atoms with Gasteiger partial charge in [-0.25, -0.2) is 4.79 Å². The molecular formula is C13H17N3O5. The second-order valence-corrected chi connectivity index (χ2v) is 4.62. The van der Waals surface area contributed by atoms with E-state index in [1.807, 2.05) is 0 Å². The maximum Gasteiger partial charge on any atom is 0.326 e. The molecule has 1 unspecified atom stereocenters. The summed E-state index contributed by atoms with van der Waals surface area (Å²) in [6.45, 7) is 1.24. The van der Waals surface area contributed by atoms with E-state index in [4.69, 9.17) is 5.11 Å². The van der Waals surface area contributed by atoms with Crippen molar-refractivity contribution in [3.63, 3.8) is 0 Å². The van der Waals surface area contributed by atoms with Gasteiger partial charge in [0.1, 0.15) is 11.7 Å². The molecule has 0 aliphatic carbocycles. The first-order chi connectivity index (χ1) is 9.75. The number of benzene rings is 1. The molecule has 21 heavy (non-hydrogen) atoms. The number of hydrogen-bond donors (Lipinski definition) is 1. The Labute approximate surface area is 121 Å². The number of nitrogens with zero attached hydrogens (tertiary/aromatic N) is 3. The van der Waals surface area contributed by atoms with E-state index in [0.29, 0.717) is 5.69 Å². The van der Waals surface area contributed by atoms with Gasteiger partial charge >= 0.3 is 5.97 Å². The summed E-state index contributed by atoms with van der Waals surface area (Å²) in [4.78, 5) is 35.8. The summed E-state index contributed by atoms with van der Waals surface area (Å²) in [5.41, 5.74) is 0.189. The van der Waals surface area contributed by atoms with Crippen molar-refractivity contribution in [3.8, 4) is 0 Å². The normalized spacial score (nSPS) is 11.6. The summed E-state index contributed by atoms with van der Waals surface area (Å²) in [5, 5.41) is 19.8. The van der Waals surface area contributed by atoms with E-state index in [9.17, 15) is 19.7 Å². The molecule has 8 nitrogen and oxygen atoms in total. The monoisotopic (exact) mass is 295 g/mol. The molecule has 0 radical (unpaired) electrons. The Morgan fingerprint density at radius 1 is 1.33 bits per heavy atom. The number of nitro benzene ring substituents is 1. The van der Waals surface area contributed by atoms with Gasteiger partial charge in [0.05, 0.1) is 11.5 Å². The second kappa shape index (κ2) is 6.69. The lowest BCUT2D eigenvalue weighted by atomic mass is 10.2. The standard InChI is InChI=1S/C13H17N3O5/c1-9(13(18)19)15(3)12(17)8-14(2)10-6-4-5-7-11(10)16(20)21/h4-7,9H,8H2,1-3H3,(H,18,19). The number of carboxylic acids is 1. The number of hydrogen-bond acceptors (Lipinski definition) is 5. The van der Waals surface area contributed by atoms with Gasteiger partial charge in [-0.2, -0.15) is 0 Å². The van der Waals surface area contributed by atoms with E-state index in [1.54, 1.807) is 13.1 Å². The van der Waals surface area contributed by atoms with Gasteiger partial charge in [-0.3, -0.25) is 14.9 Å². The summed E-state index contributed by atoms with van der Waals surface area (Å²) in [6, 6.07) is 5.09. The zero-order valence-electron chi connectivity index (χ0n) is 12.0. The zero-order chi connectivity index (χ0) is 16.2. The smallest absolute Gasteiger partial charge is 0.326 e. The number of amides is 1. The van der Waals surface area contributed by atoms with Crippen molar-refractivity contribution in [2.45, 2.75) is 13.0 Å². The van der Waals surface area contributed by atoms with Gasteiger partial charge in [-0.05, 0) is 13.0 Å². The first kappa shape index (κ1) is 16.4. The third-order valence-electron chi connectivity index (χ3n) is 3.19. The van der Waals surface area contributed by atoms with Crippen LogP contribution in [-0.2, 0) is 9.59 Å². The molecule has 1 amide bonds. The first-order valence-electron chi connectivity index (χ1n) is 6.18. The number of rotatable bonds is 6. The third kappa shape index (κ3) is 3.91. The SMILES string of the molecule is CC(C(=O)O)N(C)C(=O)CN(C)c1ccccc1[N+](=O)[O-]. The zero-order valence-corrected chi connectivity index (χ0v) is 12.0. The predicted molar refractivity (Wildman–Crippen MR) is 76.2 cm³/mol. The molecule has 1 aromatic carbocycles. The van der Waals surface area contributed by atoms with Crippen molar-refractivity contribution in [1.29, 1.82) is 0 Å². The number of para-hydroxylation sites is 2. The lowest BCUT2D eigenvalue weighted by Gasteiger charge is -2.25. The third-order valence-corrected chi connectivity index (χ3v) is 3.19. The van der Waals surface area contributed by atoms with E-state index < -0.39 is 22.8 Å². The first-order valence-corrected chi connectivity index (χ1v) is 6.18. The summed E-state index contributed by atoms with van der Waals surface area (Å²) >= 11 is 0. The van der Waals surface area contributed by atoms with Crippen molar-refractivity contribution in [3.05, 3.63) is 34.4 Å². The topological polar surface area (TPSA) is 104 Å². The van der Waals surface area contributed by atoms with Crippen LogP contribution in [0.4, 0.5) is 11.4 Å². The Kier molecular flexibility index (Phi) is 5.23. The Hall–Kier alpha value is -2.64. The quantitative estimate of drug-likeness (QED) is 0.619. The fourth-order valence-electron chi connectivity index (χ4n) is 1.72. The highest BCUT2D eigenvalue weighted by Crippen LogP contribution is 2.26. The van der Waals surface area contributed by atoms with Gasteiger partial charge in [0.25, 0.3) is 5.69 Å². The fraction of sp³-hybridized carbons (Fsp3) is 0.385. The van der Waals surface area contributed by atoms with Gasteiger partial charge in [0.2, 0.25) is 5.91 Å². The minimum atomic E-state index is -1.11. The average Bonchev–Trinajstić information content (AvgIpc) is 2.45. The average molecular weight is 295 g/mol. The Balaban J connectivity index is 2.87. The Morgan fingerprint density at radius 2 is 1.90 bits per heavy atom. The summed E-state index contributed by atoms with van der Waals surface area (Å²) in [7, 11) is 2.92. The molecule has 114 valence electrons. The number of likely N-dealkylation sites (N-methyl/N-ethyl adjacent to an activating group) is 2. The largest absolute Gasteiger partial charge is 0.480 e. The minimum absolute atomic E-state index is 0.110. The van der Waals surface area contributed by atoms with Crippen LogP contribution in [0.5, 0.6) is 0 Å². The molecular weight excluding hydrogens is 278 g/mol. The van der Waals surface area contributed by atoms with Crippen molar-refractivity contribution in [2.75, 3.05) is 25.5 Å². The highest BCUT2D eigenvalue weighted by molar-refractivity contribution is 5.86. The molecule has 0 aliphatic heterocycles. The number of anilines is 1. The van der Waals surface area contributed by atoms with Crippen LogP contribution in [0.3, 0.4) is 0 Å². The van der Waals surface area contributed by atoms with Crippen LogP contribution >= 0.6 is 0 Å². The molecule has 0 aromatic heterocycles. The maximum absolute atomic E-state index is 12.0. The number of carboxylic acid groups (broad SMARTS) is 1. The van der Waals surface area contributed by atoms with Crippen LogP contribution in [0.15, 0.2) is 24.3 Å². The van der Waals surface area contributed by atoms with Crippen LogP contribution in [0, 0.1) is 10.1 Å². The van der Waals surface area contributed by atoms with Gasteiger partial charge in [0.15, 0.2) is 0 Å². The molecule has 1 N–H and O–H groups in total. The van der Waals surface area contributed by atoms with Gasteiger partial charge < -0.3 is 14.9 Å². The van der Waals surface area contributed by atoms with Crippen molar-refractivity contribution in [1.82, 2.24) is 4.90 Å². The highest BCUT2D eigenvalue weighted by atomic mass is 16.6. The van der Waals surface area contributed by atoms with Crippen molar-refractivity contribution >= 4 is 23.3 Å². The lowest BCUT2D eigenvalue weighted by Crippen LogP contribution is -2.44. The molecule has 1 rings (SSSR count). The van der Waals surface area contributed by atoms with E-state index in [1.165, 1.54) is 37.1 Å². The van der Waals surface area contributed by atoms with Crippen LogP contribution in [0.2, 0.25) is 0 Å². The molecule has 1 aromatic rings. The maximum atomic E-state index is 12.0. The molecule has 1 atom stereocenters.